The summed E-state index contributed by atoms with van der Waals surface area (Å²) in [4.78, 5) is 30.2. The maximum absolute atomic E-state index is 12.4. The number of likely N-dealkylation sites (tertiary alicyclic amines) is 1. The Morgan fingerprint density at radius 1 is 1.26 bits per heavy atom. The van der Waals surface area contributed by atoms with Crippen molar-refractivity contribution < 1.29 is 9.59 Å². The van der Waals surface area contributed by atoms with Crippen molar-refractivity contribution in [1.29, 1.82) is 0 Å². The quantitative estimate of drug-likeness (QED) is 0.918. The van der Waals surface area contributed by atoms with Gasteiger partial charge in [-0.15, -0.1) is 0 Å². The van der Waals surface area contributed by atoms with Crippen LogP contribution >= 0.6 is 0 Å². The molecule has 3 rings (SSSR count). The fourth-order valence-corrected chi connectivity index (χ4v) is 2.74. The molecule has 2 aromatic rings. The molecule has 120 valence electrons. The molecule has 7 heteroatoms. The van der Waals surface area contributed by atoms with Gasteiger partial charge in [-0.1, -0.05) is 18.2 Å². The third kappa shape index (κ3) is 3.94. The Morgan fingerprint density at radius 3 is 2.83 bits per heavy atom. The number of amides is 2. The lowest BCUT2D eigenvalue weighted by molar-refractivity contribution is -0.135. The highest BCUT2D eigenvalue weighted by molar-refractivity contribution is 5.93. The Labute approximate surface area is 134 Å². The van der Waals surface area contributed by atoms with E-state index in [0.717, 1.165) is 18.5 Å². The van der Waals surface area contributed by atoms with Crippen LogP contribution in [0.5, 0.6) is 0 Å². The molecule has 1 aliphatic heterocycles. The summed E-state index contributed by atoms with van der Waals surface area (Å²) in [6.45, 7) is 1.29. The number of carbonyl (C=O) groups is 2. The van der Waals surface area contributed by atoms with Gasteiger partial charge in [0.2, 0.25) is 11.8 Å². The molecule has 0 spiro atoms. The van der Waals surface area contributed by atoms with Crippen LogP contribution in [0.4, 0.5) is 5.69 Å². The first-order valence-corrected chi connectivity index (χ1v) is 7.68. The maximum Gasteiger partial charge on any atom is 0.244 e. The Bertz CT molecular complexity index is 656. The van der Waals surface area contributed by atoms with Crippen molar-refractivity contribution in [2.45, 2.75) is 19.4 Å². The van der Waals surface area contributed by atoms with Gasteiger partial charge in [0, 0.05) is 18.8 Å². The fourth-order valence-electron chi connectivity index (χ4n) is 2.74. The molecule has 1 saturated heterocycles. The molecule has 1 aromatic carbocycles. The average molecular weight is 313 g/mol. The van der Waals surface area contributed by atoms with Crippen LogP contribution in [0.1, 0.15) is 12.8 Å². The number of carbonyl (C=O) groups excluding carboxylic acids is 2. The zero-order valence-corrected chi connectivity index (χ0v) is 12.8. The molecule has 0 saturated carbocycles. The van der Waals surface area contributed by atoms with Gasteiger partial charge >= 0.3 is 0 Å². The number of aromatic nitrogens is 3. The molecule has 1 atom stereocenters. The summed E-state index contributed by atoms with van der Waals surface area (Å²) in [5.74, 6) is -0.245. The molecule has 2 amide bonds. The van der Waals surface area contributed by atoms with E-state index in [4.69, 9.17) is 0 Å². The number of piperidine rings is 1. The summed E-state index contributed by atoms with van der Waals surface area (Å²) >= 11 is 0. The summed E-state index contributed by atoms with van der Waals surface area (Å²) in [6, 6.07) is 9.37. The van der Waals surface area contributed by atoms with Crippen LogP contribution in [0.3, 0.4) is 0 Å². The monoisotopic (exact) mass is 313 g/mol. The highest BCUT2D eigenvalue weighted by atomic mass is 16.2. The average Bonchev–Trinajstić information content (AvgIpc) is 3.09. The number of anilines is 1. The zero-order valence-electron chi connectivity index (χ0n) is 12.8. The molecule has 7 nitrogen and oxygen atoms in total. The lowest BCUT2D eigenvalue weighted by atomic mass is 9.97. The van der Waals surface area contributed by atoms with Gasteiger partial charge in [0.25, 0.3) is 0 Å². The number of rotatable bonds is 4. The van der Waals surface area contributed by atoms with Crippen LogP contribution in [-0.4, -0.2) is 44.6 Å². The van der Waals surface area contributed by atoms with E-state index in [1.165, 1.54) is 17.3 Å². The molecule has 1 aliphatic rings. The minimum atomic E-state index is -0.177. The smallest absolute Gasteiger partial charge is 0.244 e. The lowest BCUT2D eigenvalue weighted by Gasteiger charge is -2.32. The molecule has 1 aromatic heterocycles. The van der Waals surface area contributed by atoms with E-state index in [9.17, 15) is 9.59 Å². The zero-order chi connectivity index (χ0) is 16.1. The SMILES string of the molecule is O=C(Nc1ccccc1)[C@@H]1CCCN(C(=O)Cn2cncn2)C1. The number of hydrogen-bond donors (Lipinski definition) is 1. The van der Waals surface area contributed by atoms with E-state index in [0.29, 0.717) is 13.1 Å². The molecular formula is C16H19N5O2. The first-order valence-electron chi connectivity index (χ1n) is 7.68. The van der Waals surface area contributed by atoms with E-state index >= 15 is 0 Å². The van der Waals surface area contributed by atoms with Crippen LogP contribution in [-0.2, 0) is 16.1 Å². The Balaban J connectivity index is 1.57. The van der Waals surface area contributed by atoms with Gasteiger partial charge in [0.1, 0.15) is 19.2 Å². The second-order valence-electron chi connectivity index (χ2n) is 5.63. The van der Waals surface area contributed by atoms with Crippen LogP contribution in [0.25, 0.3) is 0 Å². The van der Waals surface area contributed by atoms with E-state index in [1.54, 1.807) is 4.90 Å². The highest BCUT2D eigenvalue weighted by Crippen LogP contribution is 2.19. The van der Waals surface area contributed by atoms with Crippen molar-refractivity contribution in [2.24, 2.45) is 5.92 Å². The van der Waals surface area contributed by atoms with Crippen molar-refractivity contribution in [3.63, 3.8) is 0 Å². The van der Waals surface area contributed by atoms with Gasteiger partial charge in [0.05, 0.1) is 5.92 Å². The summed E-state index contributed by atoms with van der Waals surface area (Å²) in [6.07, 6.45) is 4.54. The summed E-state index contributed by atoms with van der Waals surface area (Å²) in [5, 5.41) is 6.85. The molecule has 0 bridgehead atoms. The van der Waals surface area contributed by atoms with Gasteiger partial charge in [0.15, 0.2) is 0 Å². The van der Waals surface area contributed by atoms with Gasteiger partial charge in [-0.2, -0.15) is 5.10 Å². The molecular weight excluding hydrogens is 294 g/mol. The normalized spacial score (nSPS) is 17.7. The van der Waals surface area contributed by atoms with Crippen molar-refractivity contribution in [3.05, 3.63) is 43.0 Å². The molecule has 1 N–H and O–H groups in total. The Hall–Kier alpha value is -2.70. The molecule has 0 radical (unpaired) electrons. The third-order valence-electron chi connectivity index (χ3n) is 3.95. The standard InChI is InChI=1S/C16H19N5O2/c22-15(10-21-12-17-11-18-21)20-8-4-5-13(9-20)16(23)19-14-6-2-1-3-7-14/h1-3,6-7,11-13H,4-5,8-10H2,(H,19,23)/t13-/m1/s1. The van der Waals surface area contributed by atoms with Crippen LogP contribution in [0, 0.1) is 5.92 Å². The number of para-hydroxylation sites is 1. The number of nitrogens with zero attached hydrogens (tertiary/aromatic N) is 4. The second-order valence-corrected chi connectivity index (χ2v) is 5.63. The Morgan fingerprint density at radius 2 is 2.09 bits per heavy atom. The fraction of sp³-hybridized carbons (Fsp3) is 0.375. The minimum absolute atomic E-state index is 0.0329. The van der Waals surface area contributed by atoms with Crippen molar-refractivity contribution in [2.75, 3.05) is 18.4 Å². The largest absolute Gasteiger partial charge is 0.340 e. The minimum Gasteiger partial charge on any atom is -0.340 e. The summed E-state index contributed by atoms with van der Waals surface area (Å²) < 4.78 is 1.50. The molecule has 2 heterocycles. The lowest BCUT2D eigenvalue weighted by Crippen LogP contribution is -2.45. The van der Waals surface area contributed by atoms with Crippen molar-refractivity contribution in [3.8, 4) is 0 Å². The van der Waals surface area contributed by atoms with E-state index in [2.05, 4.69) is 15.4 Å². The van der Waals surface area contributed by atoms with Crippen LogP contribution < -0.4 is 5.32 Å². The highest BCUT2D eigenvalue weighted by Gasteiger charge is 2.28. The molecule has 1 fully saturated rings. The molecule has 0 aliphatic carbocycles. The Kier molecular flexibility index (Phi) is 4.65. The second kappa shape index (κ2) is 7.04. The van der Waals surface area contributed by atoms with Crippen molar-refractivity contribution in [1.82, 2.24) is 19.7 Å². The predicted octanol–water partition coefficient (Wildman–Crippen LogP) is 1.16. The van der Waals surface area contributed by atoms with Gasteiger partial charge in [-0.25, -0.2) is 9.67 Å². The van der Waals surface area contributed by atoms with E-state index < -0.39 is 0 Å². The first-order chi connectivity index (χ1) is 11.2. The van der Waals surface area contributed by atoms with Gasteiger partial charge < -0.3 is 10.2 Å². The maximum atomic E-state index is 12.4. The van der Waals surface area contributed by atoms with Gasteiger partial charge in [-0.05, 0) is 25.0 Å². The summed E-state index contributed by atoms with van der Waals surface area (Å²) in [5.41, 5.74) is 0.781. The van der Waals surface area contributed by atoms with Crippen molar-refractivity contribution >= 4 is 17.5 Å². The van der Waals surface area contributed by atoms with E-state index in [-0.39, 0.29) is 24.3 Å². The molecule has 0 unspecified atom stereocenters. The number of hydrogen-bond acceptors (Lipinski definition) is 4. The first kappa shape index (κ1) is 15.2. The topological polar surface area (TPSA) is 80.1 Å². The van der Waals surface area contributed by atoms with Crippen LogP contribution in [0.2, 0.25) is 0 Å². The molecule has 23 heavy (non-hydrogen) atoms. The number of nitrogens with one attached hydrogen (secondary N) is 1. The summed E-state index contributed by atoms with van der Waals surface area (Å²) in [7, 11) is 0. The third-order valence-corrected chi connectivity index (χ3v) is 3.95. The van der Waals surface area contributed by atoms with Crippen LogP contribution in [0.15, 0.2) is 43.0 Å². The number of benzene rings is 1. The predicted molar refractivity (Wildman–Crippen MR) is 84.4 cm³/mol. The van der Waals surface area contributed by atoms with Gasteiger partial charge in [-0.3, -0.25) is 9.59 Å². The van der Waals surface area contributed by atoms with E-state index in [1.807, 2.05) is 30.3 Å².